The molecule has 2 heterocycles. The fourth-order valence-corrected chi connectivity index (χ4v) is 6.28. The van der Waals surface area contributed by atoms with Gasteiger partial charge < -0.3 is 21.5 Å². The molecule has 2 atom stereocenters. The molecule has 0 bridgehead atoms. The second kappa shape index (κ2) is 17.0. The molecule has 4 aromatic rings. The quantitative estimate of drug-likeness (QED) is 0.113. The van der Waals surface area contributed by atoms with Crippen LogP contribution in [0.2, 0.25) is 0 Å². The summed E-state index contributed by atoms with van der Waals surface area (Å²) in [7, 11) is 0. The Morgan fingerprint density at radius 3 is 2.33 bits per heavy atom. The predicted molar refractivity (Wildman–Crippen MR) is 187 cm³/mol. The average molecular weight is 667 g/mol. The van der Waals surface area contributed by atoms with Gasteiger partial charge in [-0.25, -0.2) is 4.98 Å². The van der Waals surface area contributed by atoms with Crippen LogP contribution in [0.1, 0.15) is 73.6 Å². The molecule has 49 heavy (non-hydrogen) atoms. The number of nitrogens with two attached hydrogens (primary N) is 1. The third kappa shape index (κ3) is 9.64. The van der Waals surface area contributed by atoms with Gasteiger partial charge in [-0.05, 0) is 111 Å². The summed E-state index contributed by atoms with van der Waals surface area (Å²) in [6.07, 6.45) is 5.55. The summed E-state index contributed by atoms with van der Waals surface area (Å²) in [6.45, 7) is 4.61. The van der Waals surface area contributed by atoms with Gasteiger partial charge in [-0.1, -0.05) is 37.3 Å². The molecule has 2 unspecified atom stereocenters. The van der Waals surface area contributed by atoms with Crippen LogP contribution in [0.15, 0.2) is 60.7 Å². The van der Waals surface area contributed by atoms with E-state index in [2.05, 4.69) is 36.2 Å². The van der Waals surface area contributed by atoms with Crippen LogP contribution in [0.4, 0.5) is 5.69 Å². The standard InChI is InChI=1S/C37H46N8O4/c1-23(22-46)4-3-5-34(47)32-19-18-31(24(2)39-32)27-10-6-25(7-11-27)20-33(41-36(48)29-12-8-26(21-38)9-13-29)37(49)40-30-16-14-28(15-17-30)35-42-44-45-43-35/h6-7,10-11,14-19,23,26,29,33,46H,3-5,8-9,12-13,20-22,38H2,1-2H3,(H,40,49)(H,41,48)(H,42,43,44,45). The third-order valence-electron chi connectivity index (χ3n) is 9.43. The maximum atomic E-state index is 13.7. The Labute approximate surface area is 286 Å². The van der Waals surface area contributed by atoms with Crippen molar-refractivity contribution in [2.75, 3.05) is 18.5 Å². The molecule has 5 rings (SSSR count). The molecule has 0 saturated heterocycles. The number of anilines is 1. The molecule has 12 nitrogen and oxygen atoms in total. The van der Waals surface area contributed by atoms with Crippen LogP contribution >= 0.6 is 0 Å². The van der Waals surface area contributed by atoms with Gasteiger partial charge in [-0.15, -0.1) is 10.2 Å². The van der Waals surface area contributed by atoms with Crippen molar-refractivity contribution in [2.45, 2.75) is 71.3 Å². The molecule has 2 amide bonds. The van der Waals surface area contributed by atoms with E-state index >= 15 is 0 Å². The number of Topliss-reactive ketones (excluding diaryl/α,β-unsaturated/α-hetero) is 1. The number of benzene rings is 2. The maximum Gasteiger partial charge on any atom is 0.247 e. The number of aliphatic hydroxyl groups is 1. The van der Waals surface area contributed by atoms with Gasteiger partial charge in [0.2, 0.25) is 17.6 Å². The van der Waals surface area contributed by atoms with Gasteiger partial charge in [0.1, 0.15) is 11.7 Å². The minimum Gasteiger partial charge on any atom is -0.396 e. The molecule has 2 aromatic heterocycles. The van der Waals surface area contributed by atoms with Crippen LogP contribution in [0.5, 0.6) is 0 Å². The number of pyridine rings is 1. The first-order chi connectivity index (χ1) is 23.7. The van der Waals surface area contributed by atoms with E-state index in [0.717, 1.165) is 60.1 Å². The van der Waals surface area contributed by atoms with Gasteiger partial charge in [0.25, 0.3) is 0 Å². The lowest BCUT2D eigenvalue weighted by molar-refractivity contribution is -0.130. The number of nitrogens with one attached hydrogen (secondary N) is 3. The zero-order valence-electron chi connectivity index (χ0n) is 28.2. The molecule has 1 fully saturated rings. The van der Waals surface area contributed by atoms with Gasteiger partial charge in [0, 0.05) is 47.9 Å². The summed E-state index contributed by atoms with van der Waals surface area (Å²) in [5, 5.41) is 29.2. The number of nitrogens with zero attached hydrogens (tertiary/aromatic N) is 4. The number of hydrogen-bond donors (Lipinski definition) is 5. The van der Waals surface area contributed by atoms with Crippen molar-refractivity contribution in [3.63, 3.8) is 0 Å². The number of rotatable bonds is 15. The van der Waals surface area contributed by atoms with E-state index in [-0.39, 0.29) is 36.0 Å². The first-order valence-corrected chi connectivity index (χ1v) is 17.1. The number of carbonyl (C=O) groups is 3. The number of tetrazole rings is 1. The summed E-state index contributed by atoms with van der Waals surface area (Å²) in [5.74, 6) is 0.494. The van der Waals surface area contributed by atoms with Crippen molar-refractivity contribution in [1.29, 1.82) is 0 Å². The van der Waals surface area contributed by atoms with Crippen LogP contribution in [-0.4, -0.2) is 67.5 Å². The van der Waals surface area contributed by atoms with Crippen molar-refractivity contribution in [3.8, 4) is 22.5 Å². The van der Waals surface area contributed by atoms with Gasteiger partial charge in [0.15, 0.2) is 5.78 Å². The molecule has 0 radical (unpaired) electrons. The molecule has 12 heteroatoms. The van der Waals surface area contributed by atoms with E-state index < -0.39 is 6.04 Å². The molecular formula is C37H46N8O4. The zero-order chi connectivity index (χ0) is 34.8. The highest BCUT2D eigenvalue weighted by Crippen LogP contribution is 2.29. The SMILES string of the molecule is Cc1nc(C(=O)CCCC(C)CO)ccc1-c1ccc(CC(NC(=O)C2CCC(CN)CC2)C(=O)Nc2ccc(-c3nn[nH]n3)cc2)cc1. The Kier molecular flexibility index (Phi) is 12.3. The Morgan fingerprint density at radius 1 is 0.980 bits per heavy atom. The summed E-state index contributed by atoms with van der Waals surface area (Å²) in [5.41, 5.74) is 11.1. The van der Waals surface area contributed by atoms with Crippen molar-refractivity contribution >= 4 is 23.3 Å². The summed E-state index contributed by atoms with van der Waals surface area (Å²) >= 11 is 0. The first kappa shape index (κ1) is 35.5. The number of carbonyl (C=O) groups excluding carboxylic acids is 3. The number of aromatic amines is 1. The highest BCUT2D eigenvalue weighted by molar-refractivity contribution is 5.98. The average Bonchev–Trinajstić information content (AvgIpc) is 3.67. The van der Waals surface area contributed by atoms with Crippen LogP contribution in [0, 0.1) is 24.7 Å². The number of hydrogen-bond acceptors (Lipinski definition) is 9. The van der Waals surface area contributed by atoms with Gasteiger partial charge in [-0.2, -0.15) is 5.21 Å². The second-order valence-electron chi connectivity index (χ2n) is 13.2. The summed E-state index contributed by atoms with van der Waals surface area (Å²) in [6, 6.07) is 17.8. The van der Waals surface area contributed by atoms with Crippen LogP contribution in [0.25, 0.3) is 22.5 Å². The smallest absolute Gasteiger partial charge is 0.247 e. The minimum atomic E-state index is -0.795. The van der Waals surface area contributed by atoms with E-state index in [1.54, 1.807) is 30.3 Å². The molecule has 1 saturated carbocycles. The van der Waals surface area contributed by atoms with Crippen molar-refractivity contribution in [3.05, 3.63) is 77.6 Å². The van der Waals surface area contributed by atoms with E-state index in [9.17, 15) is 19.5 Å². The lowest BCUT2D eigenvalue weighted by Crippen LogP contribution is -2.48. The summed E-state index contributed by atoms with van der Waals surface area (Å²) < 4.78 is 0. The Morgan fingerprint density at radius 2 is 1.69 bits per heavy atom. The first-order valence-electron chi connectivity index (χ1n) is 17.1. The number of aliphatic hydroxyl groups excluding tert-OH is 1. The Hall–Kier alpha value is -4.81. The highest BCUT2D eigenvalue weighted by Gasteiger charge is 2.29. The third-order valence-corrected chi connectivity index (χ3v) is 9.43. The molecule has 0 spiro atoms. The van der Waals surface area contributed by atoms with E-state index in [1.165, 1.54) is 0 Å². The van der Waals surface area contributed by atoms with Gasteiger partial charge >= 0.3 is 0 Å². The van der Waals surface area contributed by atoms with E-state index in [0.29, 0.717) is 48.9 Å². The Balaban J connectivity index is 1.27. The lowest BCUT2D eigenvalue weighted by Gasteiger charge is -2.28. The normalized spacial score (nSPS) is 17.2. The lowest BCUT2D eigenvalue weighted by atomic mass is 9.81. The van der Waals surface area contributed by atoms with Crippen molar-refractivity contribution < 1.29 is 19.5 Å². The molecule has 258 valence electrons. The molecular weight excluding hydrogens is 620 g/mol. The molecule has 1 aliphatic carbocycles. The molecule has 0 aliphatic heterocycles. The molecule has 1 aliphatic rings. The predicted octanol–water partition coefficient (Wildman–Crippen LogP) is 4.65. The van der Waals surface area contributed by atoms with Crippen LogP contribution < -0.4 is 16.4 Å². The van der Waals surface area contributed by atoms with Crippen molar-refractivity contribution in [2.24, 2.45) is 23.5 Å². The minimum absolute atomic E-state index is 0.00292. The number of aryl methyl sites for hydroxylation is 1. The largest absolute Gasteiger partial charge is 0.396 e. The topological polar surface area (TPSA) is 189 Å². The molecule has 2 aromatic carbocycles. The second-order valence-corrected chi connectivity index (χ2v) is 13.2. The van der Waals surface area contributed by atoms with Gasteiger partial charge in [-0.3, -0.25) is 14.4 Å². The maximum absolute atomic E-state index is 13.7. The number of ketones is 1. The van der Waals surface area contributed by atoms with Gasteiger partial charge in [0.05, 0.1) is 0 Å². The fourth-order valence-electron chi connectivity index (χ4n) is 6.28. The number of aromatic nitrogens is 5. The van der Waals surface area contributed by atoms with E-state index in [1.807, 2.05) is 44.2 Å². The van der Waals surface area contributed by atoms with E-state index in [4.69, 9.17) is 5.73 Å². The molecule has 6 N–H and O–H groups in total. The zero-order valence-corrected chi connectivity index (χ0v) is 28.2. The summed E-state index contributed by atoms with van der Waals surface area (Å²) in [4.78, 5) is 44.3. The monoisotopic (exact) mass is 666 g/mol. The Bertz CT molecular complexity index is 1680. The number of amides is 2. The van der Waals surface area contributed by atoms with Crippen LogP contribution in [0.3, 0.4) is 0 Å². The fraction of sp³-hybridized carbons (Fsp3) is 0.432. The van der Waals surface area contributed by atoms with Crippen molar-refractivity contribution in [1.82, 2.24) is 30.9 Å². The number of H-pyrrole nitrogens is 1. The highest BCUT2D eigenvalue weighted by atomic mass is 16.3. The van der Waals surface area contributed by atoms with Crippen LogP contribution in [-0.2, 0) is 16.0 Å².